The Bertz CT molecular complexity index is 2460. The standard InChI is InChI=1S/C57H82N5O9P/c1-11-14-15-16-17-18-19-20-21-22-23-24-25-26-53(64)68-35-41(36-70-72(66,67-10)69-30-29-62(8)9)71-54(65)28-27-44-39(6)48-32-46-37(4)42(12-2)50(58-46)33-47-38(5)43(13-3)51(59-47)34-49-40(7)55-52(63)31-45(56(44)60-48)57(55)61-49/h12,32-34,39,41,44,60,63H,2,11,13-31,35-36H2,1,3-10H3. The van der Waals surface area contributed by atoms with E-state index < -0.39 is 25.9 Å². The highest BCUT2D eigenvalue weighted by Gasteiger charge is 2.42. The fourth-order valence-corrected chi connectivity index (χ4v) is 11.2. The van der Waals surface area contributed by atoms with E-state index in [9.17, 15) is 19.3 Å². The Morgan fingerprint density at radius 2 is 1.50 bits per heavy atom. The number of aliphatic hydroxyl groups excluding tert-OH is 1. The number of likely N-dealkylation sites (N-methyl/N-ethyl adjacent to an activating group) is 1. The van der Waals surface area contributed by atoms with Crippen molar-refractivity contribution >= 4 is 36.9 Å². The molecule has 6 aliphatic rings. The predicted octanol–water partition coefficient (Wildman–Crippen LogP) is 12.9. The molecule has 14 nitrogen and oxygen atoms in total. The number of hydrogen-bond acceptors (Lipinski definition) is 14. The summed E-state index contributed by atoms with van der Waals surface area (Å²) in [4.78, 5) is 44.2. The van der Waals surface area contributed by atoms with Gasteiger partial charge in [-0.1, -0.05) is 110 Å². The number of phosphoric acid groups is 1. The molecule has 0 radical (unpaired) electrons. The van der Waals surface area contributed by atoms with Crippen LogP contribution in [0.25, 0.3) is 0 Å². The van der Waals surface area contributed by atoms with E-state index in [-0.39, 0.29) is 56.7 Å². The summed E-state index contributed by atoms with van der Waals surface area (Å²) in [5.41, 5.74) is 13.1. The van der Waals surface area contributed by atoms with Gasteiger partial charge in [0.25, 0.3) is 0 Å². The van der Waals surface area contributed by atoms with Crippen molar-refractivity contribution in [1.29, 1.82) is 0 Å². The van der Waals surface area contributed by atoms with Gasteiger partial charge in [0, 0.05) is 72.9 Å². The Morgan fingerprint density at radius 3 is 2.14 bits per heavy atom. The summed E-state index contributed by atoms with van der Waals surface area (Å²) in [7, 11) is 0.921. The fraction of sp³-hybridized carbons (Fsp3) is 0.596. The average Bonchev–Trinajstić information content (AvgIpc) is 4.11. The molecule has 4 unspecified atom stereocenters. The number of phosphoric ester groups is 1. The summed E-state index contributed by atoms with van der Waals surface area (Å²) in [5, 5.41) is 15.3. The van der Waals surface area contributed by atoms with Gasteiger partial charge in [-0.3, -0.25) is 23.2 Å². The van der Waals surface area contributed by atoms with Crippen LogP contribution in [0.5, 0.6) is 0 Å². The SMILES string of the molecule is C=CC1=C(C)C2=NC1=CC1=NC(=CC3=C(C)C4=C(O)CC(=C5NC(=C2)C(C)C5CCC(=O)OC(COC(=O)CCCCCCCCCCCCCCC)COP(=O)(OC)OCCN(C)C)C4=N3)C(CC)=C1C. The van der Waals surface area contributed by atoms with Crippen LogP contribution in [0.1, 0.15) is 157 Å². The van der Waals surface area contributed by atoms with Crippen LogP contribution in [0.2, 0.25) is 0 Å². The third-order valence-electron chi connectivity index (χ3n) is 14.6. The van der Waals surface area contributed by atoms with Gasteiger partial charge in [0.15, 0.2) is 6.10 Å². The zero-order valence-electron chi connectivity index (χ0n) is 44.8. The summed E-state index contributed by atoms with van der Waals surface area (Å²) in [5.74, 6) is -1.01. The van der Waals surface area contributed by atoms with Crippen molar-refractivity contribution in [2.75, 3.05) is 47.6 Å². The number of allylic oxidation sites excluding steroid dienone is 12. The lowest BCUT2D eigenvalue weighted by molar-refractivity contribution is -0.161. The van der Waals surface area contributed by atoms with Crippen molar-refractivity contribution in [3.05, 3.63) is 104 Å². The van der Waals surface area contributed by atoms with Gasteiger partial charge in [0.2, 0.25) is 0 Å². The van der Waals surface area contributed by atoms with Crippen LogP contribution >= 0.6 is 7.82 Å². The number of aliphatic hydroxyl groups is 1. The molecule has 5 heterocycles. The molecule has 394 valence electrons. The predicted molar refractivity (Wildman–Crippen MR) is 288 cm³/mol. The second kappa shape index (κ2) is 27.0. The molecule has 1 saturated heterocycles. The summed E-state index contributed by atoms with van der Waals surface area (Å²) in [6.45, 7) is 16.6. The highest BCUT2D eigenvalue weighted by molar-refractivity contribution is 7.48. The Kier molecular flexibility index (Phi) is 21.2. The highest BCUT2D eigenvalue weighted by atomic mass is 31.2. The third kappa shape index (κ3) is 14.5. The molecule has 72 heavy (non-hydrogen) atoms. The van der Waals surface area contributed by atoms with Gasteiger partial charge in [0.1, 0.15) is 12.4 Å². The van der Waals surface area contributed by atoms with E-state index in [2.05, 4.69) is 45.7 Å². The van der Waals surface area contributed by atoms with E-state index in [1.54, 1.807) is 0 Å². The molecule has 0 saturated carbocycles. The third-order valence-corrected chi connectivity index (χ3v) is 16.0. The zero-order valence-corrected chi connectivity index (χ0v) is 45.6. The number of ether oxygens (including phenoxy) is 2. The molecule has 1 fully saturated rings. The van der Waals surface area contributed by atoms with Gasteiger partial charge in [0.05, 0.1) is 47.4 Å². The minimum absolute atomic E-state index is 0.00222. The lowest BCUT2D eigenvalue weighted by Gasteiger charge is -2.22. The lowest BCUT2D eigenvalue weighted by Crippen LogP contribution is -2.30. The number of unbranched alkanes of at least 4 members (excludes halogenated alkanes) is 12. The summed E-state index contributed by atoms with van der Waals surface area (Å²) in [6, 6.07) is 0. The Balaban J connectivity index is 1.16. The van der Waals surface area contributed by atoms with Gasteiger partial charge >= 0.3 is 19.8 Å². The molecule has 6 rings (SSSR count). The van der Waals surface area contributed by atoms with E-state index in [0.29, 0.717) is 25.1 Å². The van der Waals surface area contributed by atoms with Crippen molar-refractivity contribution in [2.24, 2.45) is 26.8 Å². The molecule has 0 amide bonds. The summed E-state index contributed by atoms with van der Waals surface area (Å²) in [6.07, 6.45) is 24.2. The number of hydrogen-bond donors (Lipinski definition) is 2. The molecule has 8 bridgehead atoms. The first-order valence-corrected chi connectivity index (χ1v) is 28.1. The van der Waals surface area contributed by atoms with Gasteiger partial charge < -0.3 is 24.8 Å². The molecule has 2 N–H and O–H groups in total. The summed E-state index contributed by atoms with van der Waals surface area (Å²) < 4.78 is 41.4. The summed E-state index contributed by atoms with van der Waals surface area (Å²) >= 11 is 0. The minimum atomic E-state index is -4.03. The molecule has 0 spiro atoms. The largest absolute Gasteiger partial charge is 0.511 e. The van der Waals surface area contributed by atoms with Crippen molar-refractivity contribution in [2.45, 2.75) is 163 Å². The smallest absolute Gasteiger partial charge is 0.474 e. The second-order valence-corrected chi connectivity index (χ2v) is 21.9. The zero-order chi connectivity index (χ0) is 52.0. The molecule has 0 aromatic heterocycles. The maximum atomic E-state index is 14.0. The van der Waals surface area contributed by atoms with Crippen LogP contribution in [0.15, 0.2) is 119 Å². The number of carbonyl (C=O) groups excluding carboxylic acids is 2. The van der Waals surface area contributed by atoms with E-state index in [1.807, 2.05) is 51.1 Å². The average molecular weight is 1010 g/mol. The molecule has 5 aliphatic heterocycles. The highest BCUT2D eigenvalue weighted by Crippen LogP contribution is 2.49. The molecule has 0 aromatic carbocycles. The lowest BCUT2D eigenvalue weighted by atomic mass is 9.86. The topological polar surface area (TPSA) is 170 Å². The first-order valence-electron chi connectivity index (χ1n) is 26.7. The number of nitrogens with zero attached hydrogens (tertiary/aromatic N) is 4. The van der Waals surface area contributed by atoms with Gasteiger partial charge in [-0.05, 0) is 94.6 Å². The molecular weight excluding hydrogens is 930 g/mol. The number of carbonyl (C=O) groups is 2. The maximum Gasteiger partial charge on any atom is 0.474 e. The van der Waals surface area contributed by atoms with Crippen molar-refractivity contribution in [3.63, 3.8) is 0 Å². The first-order chi connectivity index (χ1) is 34.6. The van der Waals surface area contributed by atoms with Gasteiger partial charge in [-0.2, -0.15) is 0 Å². The van der Waals surface area contributed by atoms with E-state index in [4.69, 9.17) is 38.0 Å². The normalized spacial score (nSPS) is 20.7. The molecule has 15 heteroatoms. The van der Waals surface area contributed by atoms with Crippen LogP contribution in [0, 0.1) is 11.8 Å². The fourth-order valence-electron chi connectivity index (χ4n) is 10.2. The molecule has 4 atom stereocenters. The van der Waals surface area contributed by atoms with E-state index in [0.717, 1.165) is 105 Å². The maximum absolute atomic E-state index is 14.0. The molecular formula is C57H82N5O9P. The van der Waals surface area contributed by atoms with Crippen molar-refractivity contribution in [1.82, 2.24) is 10.2 Å². The molecule has 0 aromatic rings. The van der Waals surface area contributed by atoms with Crippen molar-refractivity contribution in [3.8, 4) is 0 Å². The van der Waals surface area contributed by atoms with Crippen LogP contribution < -0.4 is 5.32 Å². The van der Waals surface area contributed by atoms with Gasteiger partial charge in [-0.25, -0.2) is 19.5 Å². The van der Waals surface area contributed by atoms with Crippen molar-refractivity contribution < 1.29 is 42.3 Å². The van der Waals surface area contributed by atoms with Crippen LogP contribution in [-0.2, 0) is 37.2 Å². The van der Waals surface area contributed by atoms with Crippen LogP contribution in [0.4, 0.5) is 0 Å². The van der Waals surface area contributed by atoms with Gasteiger partial charge in [-0.15, -0.1) is 0 Å². The number of aliphatic imine (C=N–C) groups is 3. The van der Waals surface area contributed by atoms with Crippen LogP contribution in [-0.4, -0.2) is 92.8 Å². The number of esters is 2. The molecule has 1 aliphatic carbocycles. The minimum Gasteiger partial charge on any atom is -0.511 e. The van der Waals surface area contributed by atoms with Crippen LogP contribution in [0.3, 0.4) is 0 Å². The Labute approximate surface area is 429 Å². The quantitative estimate of drug-likeness (QED) is 0.0399. The number of rotatable bonds is 30. The Hall–Kier alpha value is -4.72. The number of nitrogens with one attached hydrogen (secondary N) is 1. The van der Waals surface area contributed by atoms with E-state index in [1.165, 1.54) is 64.9 Å². The number of fused-ring (bicyclic) bond motifs is 5. The Morgan fingerprint density at radius 1 is 0.847 bits per heavy atom. The van der Waals surface area contributed by atoms with E-state index >= 15 is 0 Å². The first kappa shape index (κ1) is 56.6. The second-order valence-electron chi connectivity index (χ2n) is 20.1. The monoisotopic (exact) mass is 1010 g/mol.